The monoisotopic (exact) mass is 267 g/mol. The number of hydrogen-bond acceptors (Lipinski definition) is 2. The summed E-state index contributed by atoms with van der Waals surface area (Å²) in [6.45, 7) is 3.86. The molecule has 1 aliphatic heterocycles. The molecule has 3 heteroatoms. The van der Waals surface area contributed by atoms with Gasteiger partial charge in [-0.2, -0.15) is 0 Å². The minimum atomic E-state index is -0.00875. The molecule has 1 amide bonds. The Labute approximate surface area is 118 Å². The van der Waals surface area contributed by atoms with Crippen LogP contribution < -0.4 is 4.90 Å². The summed E-state index contributed by atoms with van der Waals surface area (Å²) >= 11 is 0. The van der Waals surface area contributed by atoms with E-state index in [2.05, 4.69) is 13.0 Å². The molecule has 1 unspecified atom stereocenters. The van der Waals surface area contributed by atoms with Crippen molar-refractivity contribution in [2.75, 3.05) is 4.90 Å². The van der Waals surface area contributed by atoms with Crippen molar-refractivity contribution in [1.82, 2.24) is 0 Å². The number of nitrogens with zero attached hydrogens (tertiary/aromatic N) is 1. The van der Waals surface area contributed by atoms with Crippen LogP contribution in [0.3, 0.4) is 0 Å². The van der Waals surface area contributed by atoms with Gasteiger partial charge in [0, 0.05) is 17.3 Å². The number of carbonyl (C=O) groups excluding carboxylic acids is 1. The predicted octanol–water partition coefficient (Wildman–Crippen LogP) is 3.29. The van der Waals surface area contributed by atoms with Crippen LogP contribution in [0.1, 0.15) is 28.4 Å². The Bertz CT molecular complexity index is 678. The van der Waals surface area contributed by atoms with E-state index in [0.29, 0.717) is 5.56 Å². The molecule has 3 nitrogen and oxygen atoms in total. The van der Waals surface area contributed by atoms with Gasteiger partial charge in [0.1, 0.15) is 5.75 Å². The van der Waals surface area contributed by atoms with Gasteiger partial charge in [0.2, 0.25) is 0 Å². The Kier molecular flexibility index (Phi) is 2.97. The molecule has 2 aromatic carbocycles. The zero-order chi connectivity index (χ0) is 14.3. The molecule has 1 N–H and O–H groups in total. The molecule has 1 aliphatic rings. The Morgan fingerprint density at radius 3 is 2.75 bits per heavy atom. The van der Waals surface area contributed by atoms with Crippen LogP contribution in [-0.2, 0) is 6.42 Å². The van der Waals surface area contributed by atoms with Crippen LogP contribution in [0.15, 0.2) is 42.5 Å². The fourth-order valence-corrected chi connectivity index (χ4v) is 2.80. The molecule has 102 valence electrons. The van der Waals surface area contributed by atoms with E-state index in [1.807, 2.05) is 23.1 Å². The third-order valence-corrected chi connectivity index (χ3v) is 3.87. The van der Waals surface area contributed by atoms with Gasteiger partial charge in [-0.25, -0.2) is 0 Å². The van der Waals surface area contributed by atoms with E-state index in [1.54, 1.807) is 25.1 Å². The summed E-state index contributed by atoms with van der Waals surface area (Å²) in [5.74, 6) is 0.210. The Morgan fingerprint density at radius 1 is 1.25 bits per heavy atom. The largest absolute Gasteiger partial charge is 0.508 e. The van der Waals surface area contributed by atoms with Crippen LogP contribution in [0.2, 0.25) is 0 Å². The van der Waals surface area contributed by atoms with Gasteiger partial charge >= 0.3 is 0 Å². The van der Waals surface area contributed by atoms with Crippen molar-refractivity contribution in [2.45, 2.75) is 26.3 Å². The second kappa shape index (κ2) is 4.67. The normalized spacial score (nSPS) is 17.1. The first-order valence-corrected chi connectivity index (χ1v) is 6.79. The Morgan fingerprint density at radius 2 is 2.00 bits per heavy atom. The number of aryl methyl sites for hydroxylation is 1. The first kappa shape index (κ1) is 12.7. The van der Waals surface area contributed by atoms with E-state index in [9.17, 15) is 9.90 Å². The number of aromatic hydroxyl groups is 1. The lowest BCUT2D eigenvalue weighted by atomic mass is 10.1. The van der Waals surface area contributed by atoms with Crippen LogP contribution in [0.25, 0.3) is 0 Å². The van der Waals surface area contributed by atoms with Crippen molar-refractivity contribution in [2.24, 2.45) is 0 Å². The fraction of sp³-hybridized carbons (Fsp3) is 0.235. The highest BCUT2D eigenvalue weighted by Gasteiger charge is 2.31. The lowest BCUT2D eigenvalue weighted by molar-refractivity contribution is 0.0981. The van der Waals surface area contributed by atoms with Gasteiger partial charge < -0.3 is 10.0 Å². The Balaban J connectivity index is 2.00. The maximum Gasteiger partial charge on any atom is 0.258 e. The first-order chi connectivity index (χ1) is 9.58. The predicted molar refractivity (Wildman–Crippen MR) is 79.3 cm³/mol. The number of rotatable bonds is 1. The maximum absolute atomic E-state index is 12.7. The highest BCUT2D eigenvalue weighted by molar-refractivity contribution is 6.07. The zero-order valence-corrected chi connectivity index (χ0v) is 11.6. The summed E-state index contributed by atoms with van der Waals surface area (Å²) in [5, 5.41) is 9.58. The second-order valence-electron chi connectivity index (χ2n) is 5.36. The number of phenols is 1. The van der Waals surface area contributed by atoms with E-state index in [1.165, 1.54) is 5.56 Å². The molecule has 1 atom stereocenters. The smallest absolute Gasteiger partial charge is 0.258 e. The van der Waals surface area contributed by atoms with Gasteiger partial charge in [-0.05, 0) is 55.7 Å². The van der Waals surface area contributed by atoms with Gasteiger partial charge in [-0.1, -0.05) is 18.2 Å². The minimum absolute atomic E-state index is 0.00875. The number of anilines is 1. The van der Waals surface area contributed by atoms with Gasteiger partial charge in [0.15, 0.2) is 0 Å². The summed E-state index contributed by atoms with van der Waals surface area (Å²) in [7, 11) is 0. The number of para-hydroxylation sites is 1. The Hall–Kier alpha value is -2.29. The van der Waals surface area contributed by atoms with Crippen molar-refractivity contribution >= 4 is 11.6 Å². The van der Waals surface area contributed by atoms with Crippen molar-refractivity contribution < 1.29 is 9.90 Å². The third kappa shape index (κ3) is 1.95. The number of carbonyl (C=O) groups is 1. The van der Waals surface area contributed by atoms with Crippen LogP contribution in [0.5, 0.6) is 5.75 Å². The van der Waals surface area contributed by atoms with Crippen molar-refractivity contribution in [3.05, 3.63) is 59.2 Å². The van der Waals surface area contributed by atoms with E-state index in [4.69, 9.17) is 0 Å². The first-order valence-electron chi connectivity index (χ1n) is 6.79. The lowest BCUT2D eigenvalue weighted by Crippen LogP contribution is -2.35. The molecule has 0 aromatic heterocycles. The molecular weight excluding hydrogens is 250 g/mol. The quantitative estimate of drug-likeness (QED) is 0.861. The van der Waals surface area contributed by atoms with Gasteiger partial charge in [-0.15, -0.1) is 0 Å². The molecule has 3 rings (SSSR count). The molecule has 0 saturated carbocycles. The molecule has 0 fully saturated rings. The molecule has 0 spiro atoms. The number of amides is 1. The molecule has 0 radical (unpaired) electrons. The molecule has 0 bridgehead atoms. The number of benzene rings is 2. The standard InChI is InChI=1S/C17H17NO2/c1-11-9-14(7-8-16(11)19)17(20)18-12(2)10-13-5-3-4-6-15(13)18/h3-9,12,19H,10H2,1-2H3. The van der Waals surface area contributed by atoms with Crippen LogP contribution in [0, 0.1) is 6.92 Å². The highest BCUT2D eigenvalue weighted by atomic mass is 16.3. The number of hydrogen-bond donors (Lipinski definition) is 1. The van der Waals surface area contributed by atoms with E-state index in [0.717, 1.165) is 17.7 Å². The molecule has 2 aromatic rings. The molecule has 0 saturated heterocycles. The van der Waals surface area contributed by atoms with E-state index < -0.39 is 0 Å². The van der Waals surface area contributed by atoms with Gasteiger partial charge in [-0.3, -0.25) is 4.79 Å². The number of phenolic OH excluding ortho intramolecular Hbond substituents is 1. The minimum Gasteiger partial charge on any atom is -0.508 e. The topological polar surface area (TPSA) is 40.5 Å². The number of fused-ring (bicyclic) bond motifs is 1. The summed E-state index contributed by atoms with van der Waals surface area (Å²) in [6.07, 6.45) is 0.888. The highest BCUT2D eigenvalue weighted by Crippen LogP contribution is 2.33. The van der Waals surface area contributed by atoms with Gasteiger partial charge in [0.05, 0.1) is 0 Å². The maximum atomic E-state index is 12.7. The van der Waals surface area contributed by atoms with Crippen molar-refractivity contribution in [3.63, 3.8) is 0 Å². The van der Waals surface area contributed by atoms with Crippen LogP contribution >= 0.6 is 0 Å². The fourth-order valence-electron chi connectivity index (χ4n) is 2.80. The molecule has 1 heterocycles. The summed E-state index contributed by atoms with van der Waals surface area (Å²) in [4.78, 5) is 14.6. The lowest BCUT2D eigenvalue weighted by Gasteiger charge is -2.23. The average molecular weight is 267 g/mol. The summed E-state index contributed by atoms with van der Waals surface area (Å²) < 4.78 is 0. The van der Waals surface area contributed by atoms with Crippen LogP contribution in [-0.4, -0.2) is 17.1 Å². The van der Waals surface area contributed by atoms with Crippen molar-refractivity contribution in [1.29, 1.82) is 0 Å². The van der Waals surface area contributed by atoms with E-state index in [-0.39, 0.29) is 17.7 Å². The summed E-state index contributed by atoms with van der Waals surface area (Å²) in [6, 6.07) is 13.2. The zero-order valence-electron chi connectivity index (χ0n) is 11.6. The molecule has 20 heavy (non-hydrogen) atoms. The molecule has 0 aliphatic carbocycles. The van der Waals surface area contributed by atoms with Crippen LogP contribution in [0.4, 0.5) is 5.69 Å². The van der Waals surface area contributed by atoms with E-state index >= 15 is 0 Å². The summed E-state index contributed by atoms with van der Waals surface area (Å²) in [5.41, 5.74) is 3.54. The molecular formula is C17H17NO2. The second-order valence-corrected chi connectivity index (χ2v) is 5.36. The van der Waals surface area contributed by atoms with Crippen molar-refractivity contribution in [3.8, 4) is 5.75 Å². The van der Waals surface area contributed by atoms with Gasteiger partial charge in [0.25, 0.3) is 5.91 Å². The third-order valence-electron chi connectivity index (χ3n) is 3.87. The SMILES string of the molecule is Cc1cc(C(=O)N2c3ccccc3CC2C)ccc1O. The average Bonchev–Trinajstić information content (AvgIpc) is 2.77.